The quantitative estimate of drug-likeness (QED) is 0.593. The molecule has 2 heteroatoms. The van der Waals surface area contributed by atoms with Crippen molar-refractivity contribution < 1.29 is 0 Å². The van der Waals surface area contributed by atoms with E-state index in [4.69, 9.17) is 5.26 Å². The molecule has 2 unspecified atom stereocenters. The highest BCUT2D eigenvalue weighted by atomic mass is 79.9. The highest BCUT2D eigenvalue weighted by Gasteiger charge is 2.31. The Bertz CT molecular complexity index is 362. The van der Waals surface area contributed by atoms with Crippen LogP contribution in [0.5, 0.6) is 0 Å². The van der Waals surface area contributed by atoms with Crippen LogP contribution in [-0.4, -0.2) is 0 Å². The van der Waals surface area contributed by atoms with Gasteiger partial charge in [0.2, 0.25) is 0 Å². The second kappa shape index (κ2) is 3.81. The van der Waals surface area contributed by atoms with Crippen molar-refractivity contribution in [1.82, 2.24) is 0 Å². The van der Waals surface area contributed by atoms with Gasteiger partial charge in [0.1, 0.15) is 0 Å². The summed E-state index contributed by atoms with van der Waals surface area (Å²) in [6.45, 7) is 3.69. The molecule has 1 aliphatic carbocycles. The zero-order valence-corrected chi connectivity index (χ0v) is 9.22. The first-order valence-corrected chi connectivity index (χ1v) is 4.82. The molecular formula is C11H10BrN. The number of nitriles is 1. The molecule has 0 radical (unpaired) electrons. The summed E-state index contributed by atoms with van der Waals surface area (Å²) < 4.78 is 0.993. The molecule has 2 atom stereocenters. The minimum absolute atomic E-state index is 0.0122. The maximum atomic E-state index is 9.02. The third-order valence-corrected chi connectivity index (χ3v) is 2.63. The number of allylic oxidation sites excluding steroid dienone is 4. The molecule has 0 fully saturated rings. The molecule has 0 spiro atoms. The fourth-order valence-corrected chi connectivity index (χ4v) is 1.59. The second-order valence-corrected chi connectivity index (χ2v) is 4.07. The van der Waals surface area contributed by atoms with Crippen LogP contribution in [0.25, 0.3) is 0 Å². The summed E-state index contributed by atoms with van der Waals surface area (Å²) in [5.74, 6) is 5.86. The average molecular weight is 236 g/mol. The summed E-state index contributed by atoms with van der Waals surface area (Å²) in [7, 11) is 0. The van der Waals surface area contributed by atoms with Crippen LogP contribution in [0.1, 0.15) is 13.8 Å². The second-order valence-electron chi connectivity index (χ2n) is 3.15. The Kier molecular flexibility index (Phi) is 2.96. The Morgan fingerprint density at radius 3 is 2.85 bits per heavy atom. The largest absolute Gasteiger partial charge is 0.197 e. The third-order valence-electron chi connectivity index (χ3n) is 2.10. The first-order valence-electron chi connectivity index (χ1n) is 4.02. The Morgan fingerprint density at radius 2 is 2.31 bits per heavy atom. The smallest absolute Gasteiger partial charge is 0.0901 e. The fourth-order valence-electron chi connectivity index (χ4n) is 1.20. The van der Waals surface area contributed by atoms with Gasteiger partial charge < -0.3 is 0 Å². The van der Waals surface area contributed by atoms with Gasteiger partial charge in [-0.1, -0.05) is 40.1 Å². The van der Waals surface area contributed by atoms with E-state index in [0.29, 0.717) is 0 Å². The molecule has 0 aromatic heterocycles. The molecule has 13 heavy (non-hydrogen) atoms. The highest BCUT2D eigenvalue weighted by molar-refractivity contribution is 9.11. The van der Waals surface area contributed by atoms with Crippen molar-refractivity contribution in [3.8, 4) is 17.9 Å². The van der Waals surface area contributed by atoms with Crippen molar-refractivity contribution in [2.75, 3.05) is 0 Å². The molecule has 0 aliphatic heterocycles. The number of rotatable bonds is 0. The maximum Gasteiger partial charge on any atom is 0.0901 e. The van der Waals surface area contributed by atoms with Crippen LogP contribution >= 0.6 is 15.9 Å². The van der Waals surface area contributed by atoms with E-state index in [-0.39, 0.29) is 5.92 Å². The van der Waals surface area contributed by atoms with Gasteiger partial charge in [0.25, 0.3) is 0 Å². The maximum absolute atomic E-state index is 9.02. The minimum atomic E-state index is -0.486. The number of hydrogen-bond acceptors (Lipinski definition) is 1. The van der Waals surface area contributed by atoms with Crippen LogP contribution in [0.15, 0.2) is 22.7 Å². The van der Waals surface area contributed by atoms with E-state index in [1.54, 1.807) is 6.92 Å². The van der Waals surface area contributed by atoms with Gasteiger partial charge in [-0.2, -0.15) is 5.26 Å². The molecule has 1 nitrogen and oxygen atoms in total. The van der Waals surface area contributed by atoms with Crippen molar-refractivity contribution in [2.24, 2.45) is 11.3 Å². The molecule has 0 bridgehead atoms. The monoisotopic (exact) mass is 235 g/mol. The summed E-state index contributed by atoms with van der Waals surface area (Å²) in [6, 6.07) is 2.28. The summed E-state index contributed by atoms with van der Waals surface area (Å²) in [5.41, 5.74) is -0.486. The Labute approximate surface area is 87.3 Å². The summed E-state index contributed by atoms with van der Waals surface area (Å²) in [6.07, 6.45) is 5.77. The van der Waals surface area contributed by atoms with E-state index < -0.39 is 5.41 Å². The van der Waals surface area contributed by atoms with Crippen LogP contribution in [0.3, 0.4) is 0 Å². The molecule has 0 saturated carbocycles. The molecule has 0 aromatic carbocycles. The number of nitrogens with zero attached hydrogens (tertiary/aromatic N) is 1. The molecule has 1 rings (SSSR count). The normalized spacial score (nSPS) is 31.2. The molecular weight excluding hydrogens is 226 g/mol. The molecule has 0 aromatic rings. The Hall–Kier alpha value is -0.990. The number of hydrogen-bond donors (Lipinski definition) is 0. The summed E-state index contributed by atoms with van der Waals surface area (Å²) in [4.78, 5) is 0. The summed E-state index contributed by atoms with van der Waals surface area (Å²) >= 11 is 3.38. The van der Waals surface area contributed by atoms with Crippen molar-refractivity contribution >= 4 is 15.9 Å². The lowest BCUT2D eigenvalue weighted by Crippen LogP contribution is -2.22. The van der Waals surface area contributed by atoms with Gasteiger partial charge in [-0.05, 0) is 13.8 Å². The lowest BCUT2D eigenvalue weighted by atomic mass is 9.76. The van der Waals surface area contributed by atoms with Gasteiger partial charge in [-0.15, -0.1) is 5.92 Å². The van der Waals surface area contributed by atoms with E-state index in [0.717, 1.165) is 4.48 Å². The van der Waals surface area contributed by atoms with Gasteiger partial charge >= 0.3 is 0 Å². The van der Waals surface area contributed by atoms with Crippen LogP contribution < -0.4 is 0 Å². The summed E-state index contributed by atoms with van der Waals surface area (Å²) in [5, 5.41) is 9.02. The van der Waals surface area contributed by atoms with Crippen LogP contribution in [0, 0.1) is 34.5 Å². The van der Waals surface area contributed by atoms with Gasteiger partial charge in [0.05, 0.1) is 17.4 Å². The Morgan fingerprint density at radius 1 is 1.62 bits per heavy atom. The van der Waals surface area contributed by atoms with Gasteiger partial charge in [-0.25, -0.2) is 0 Å². The topological polar surface area (TPSA) is 23.8 Å². The van der Waals surface area contributed by atoms with Crippen molar-refractivity contribution in [3.05, 3.63) is 22.7 Å². The SMILES string of the molecule is CC#CC1C=C(Br)C=CC1(C)C#N. The van der Waals surface area contributed by atoms with E-state index in [1.807, 2.05) is 25.2 Å². The fraction of sp³-hybridized carbons (Fsp3) is 0.364. The average Bonchev–Trinajstić information content (AvgIpc) is 2.12. The minimum Gasteiger partial charge on any atom is -0.197 e. The van der Waals surface area contributed by atoms with Crippen LogP contribution in [-0.2, 0) is 0 Å². The highest BCUT2D eigenvalue weighted by Crippen LogP contribution is 2.35. The molecule has 0 N–H and O–H groups in total. The predicted octanol–water partition coefficient (Wildman–Crippen LogP) is 3.00. The van der Waals surface area contributed by atoms with Crippen molar-refractivity contribution in [2.45, 2.75) is 13.8 Å². The zero-order valence-electron chi connectivity index (χ0n) is 7.63. The Balaban J connectivity index is 3.08. The van der Waals surface area contributed by atoms with E-state index >= 15 is 0 Å². The standard InChI is InChI=1S/C11H10BrN/c1-3-4-9-7-10(12)5-6-11(9,2)8-13/h5-7,9H,1-2H3. The lowest BCUT2D eigenvalue weighted by molar-refractivity contribution is 0.484. The van der Waals surface area contributed by atoms with Gasteiger partial charge in [0, 0.05) is 4.48 Å². The first kappa shape index (κ1) is 10.1. The van der Waals surface area contributed by atoms with Gasteiger partial charge in [0.15, 0.2) is 0 Å². The predicted molar refractivity (Wildman–Crippen MR) is 56.8 cm³/mol. The first-order chi connectivity index (χ1) is 6.12. The molecule has 0 amide bonds. The van der Waals surface area contributed by atoms with E-state index in [9.17, 15) is 0 Å². The zero-order chi connectivity index (χ0) is 9.90. The van der Waals surface area contributed by atoms with Crippen molar-refractivity contribution in [1.29, 1.82) is 5.26 Å². The molecule has 0 saturated heterocycles. The van der Waals surface area contributed by atoms with Gasteiger partial charge in [-0.3, -0.25) is 0 Å². The molecule has 0 heterocycles. The number of halogens is 1. The third kappa shape index (κ3) is 2.02. The van der Waals surface area contributed by atoms with E-state index in [1.165, 1.54) is 0 Å². The molecule has 66 valence electrons. The van der Waals surface area contributed by atoms with Crippen LogP contribution in [0.4, 0.5) is 0 Å². The molecule has 1 aliphatic rings. The van der Waals surface area contributed by atoms with Crippen molar-refractivity contribution in [3.63, 3.8) is 0 Å². The van der Waals surface area contributed by atoms with E-state index in [2.05, 4.69) is 33.8 Å². The van der Waals surface area contributed by atoms with Crippen LogP contribution in [0.2, 0.25) is 0 Å². The lowest BCUT2D eigenvalue weighted by Gasteiger charge is -2.25.